The molecule has 4 rings (SSSR count). The van der Waals surface area contributed by atoms with Crippen molar-refractivity contribution in [3.63, 3.8) is 0 Å². The Labute approximate surface area is 182 Å². The van der Waals surface area contributed by atoms with Crippen LogP contribution in [0.4, 0.5) is 0 Å². The van der Waals surface area contributed by atoms with Gasteiger partial charge in [0, 0.05) is 6.92 Å². The van der Waals surface area contributed by atoms with Crippen molar-refractivity contribution in [1.82, 2.24) is 0 Å². The first kappa shape index (κ1) is 23.5. The van der Waals surface area contributed by atoms with Crippen LogP contribution in [0.3, 0.4) is 0 Å². The molecule has 4 aromatic carbocycles. The topological polar surface area (TPSA) is 37.3 Å². The van der Waals surface area contributed by atoms with Gasteiger partial charge in [-0.15, -0.1) is 0 Å². The molecule has 30 heavy (non-hydrogen) atoms. The molecule has 0 bridgehead atoms. The van der Waals surface area contributed by atoms with Gasteiger partial charge in [-0.3, -0.25) is 4.79 Å². The zero-order valence-corrected chi connectivity index (χ0v) is 19.5. The Kier molecular flexibility index (Phi) is 8.93. The molecule has 2 nitrogen and oxygen atoms in total. The first-order valence-electron chi connectivity index (χ1n) is 9.57. The van der Waals surface area contributed by atoms with Crippen LogP contribution >= 0.6 is 17.2 Å². The molecule has 0 aliphatic rings. The molecular formula is C26H28O2P2. The maximum atomic E-state index is 9.00. The summed E-state index contributed by atoms with van der Waals surface area (Å²) in [5, 5.41) is 13.1. The number of hydrogen-bond donors (Lipinski definition) is 1. The normalized spacial score (nSPS) is 10.7. The van der Waals surface area contributed by atoms with Gasteiger partial charge >= 0.3 is 150 Å². The van der Waals surface area contributed by atoms with E-state index in [0.717, 1.165) is 6.92 Å². The Morgan fingerprint density at radius 3 is 0.867 bits per heavy atom. The predicted octanol–water partition coefficient (Wildman–Crippen LogP) is 4.19. The molecule has 0 saturated carbocycles. The zero-order valence-electron chi connectivity index (χ0n) is 17.1. The van der Waals surface area contributed by atoms with E-state index in [0.29, 0.717) is 0 Å². The van der Waals surface area contributed by atoms with E-state index >= 15 is 0 Å². The summed E-state index contributed by atoms with van der Waals surface area (Å²) in [5.74, 6) is -0.833. The third-order valence-corrected chi connectivity index (χ3v) is 9.62. The van der Waals surface area contributed by atoms with Gasteiger partial charge in [-0.05, 0) is 0 Å². The van der Waals surface area contributed by atoms with Crippen molar-refractivity contribution in [2.75, 3.05) is 0 Å². The van der Waals surface area contributed by atoms with Crippen molar-refractivity contribution in [2.24, 2.45) is 0 Å². The zero-order chi connectivity index (χ0) is 20.5. The fraction of sp³-hybridized carbons (Fsp3) is 0.0385. The van der Waals surface area contributed by atoms with E-state index in [1.807, 2.05) is 0 Å². The standard InChI is InChI=1S/C24H21P.C2H4O2.H3P/c1-5-13-21(14-6-1)25(22-15-7-2-8-16-22,23-17-9-3-10-18-23)24-19-11-4-12-20-24;1-2(3)4;/h1-20,25H;1H3,(H,3,4);1H3. The van der Waals surface area contributed by atoms with Gasteiger partial charge in [0.1, 0.15) is 0 Å². The molecule has 0 spiro atoms. The van der Waals surface area contributed by atoms with Gasteiger partial charge < -0.3 is 5.11 Å². The molecule has 154 valence electrons. The van der Waals surface area contributed by atoms with Crippen LogP contribution in [0, 0.1) is 0 Å². The molecule has 4 heteroatoms. The Hall–Kier alpha value is -2.79. The molecule has 0 radical (unpaired) electrons. The molecule has 1 atom stereocenters. The Morgan fingerprint density at radius 2 is 0.700 bits per heavy atom. The monoisotopic (exact) mass is 434 g/mol. The number of rotatable bonds is 4. The van der Waals surface area contributed by atoms with Crippen molar-refractivity contribution in [1.29, 1.82) is 0 Å². The summed E-state index contributed by atoms with van der Waals surface area (Å²) >= 11 is 0. The average molecular weight is 434 g/mol. The molecule has 0 amide bonds. The van der Waals surface area contributed by atoms with Crippen LogP contribution in [-0.4, -0.2) is 11.1 Å². The maximum absolute atomic E-state index is 9.00. The van der Waals surface area contributed by atoms with Crippen molar-refractivity contribution < 1.29 is 9.90 Å². The van der Waals surface area contributed by atoms with Gasteiger partial charge in [0.25, 0.3) is 5.97 Å². The minimum atomic E-state index is -2.30. The van der Waals surface area contributed by atoms with Gasteiger partial charge in [0.15, 0.2) is 0 Å². The molecule has 1 unspecified atom stereocenters. The Morgan fingerprint density at radius 1 is 0.533 bits per heavy atom. The Bertz CT molecular complexity index is 854. The summed E-state index contributed by atoms with van der Waals surface area (Å²) in [4.78, 5) is 9.00. The van der Waals surface area contributed by atoms with Crippen LogP contribution in [0.15, 0.2) is 121 Å². The van der Waals surface area contributed by atoms with Crippen LogP contribution < -0.4 is 21.2 Å². The predicted molar refractivity (Wildman–Crippen MR) is 137 cm³/mol. The third kappa shape index (κ3) is 5.22. The summed E-state index contributed by atoms with van der Waals surface area (Å²) in [5.41, 5.74) is 0. The number of carboxylic acid groups (broad SMARTS) is 1. The number of benzene rings is 4. The van der Waals surface area contributed by atoms with Gasteiger partial charge in [0.05, 0.1) is 0 Å². The van der Waals surface area contributed by atoms with E-state index in [4.69, 9.17) is 9.90 Å². The van der Waals surface area contributed by atoms with Crippen LogP contribution in [0.25, 0.3) is 0 Å². The number of hydrogen-bond acceptors (Lipinski definition) is 1. The quantitative estimate of drug-likeness (QED) is 0.489. The van der Waals surface area contributed by atoms with E-state index < -0.39 is 13.2 Å². The molecule has 0 heterocycles. The summed E-state index contributed by atoms with van der Waals surface area (Å²) in [6.45, 7) is 1.08. The molecule has 0 aromatic heterocycles. The second-order valence-corrected chi connectivity index (χ2v) is 10.5. The van der Waals surface area contributed by atoms with Crippen LogP contribution in [0.5, 0.6) is 0 Å². The van der Waals surface area contributed by atoms with Crippen LogP contribution in [-0.2, 0) is 4.79 Å². The number of aliphatic carboxylic acids is 1. The minimum absolute atomic E-state index is 0. The van der Waals surface area contributed by atoms with Gasteiger partial charge in [-0.1, -0.05) is 0 Å². The molecule has 0 saturated heterocycles. The summed E-state index contributed by atoms with van der Waals surface area (Å²) in [7, 11) is -2.30. The summed E-state index contributed by atoms with van der Waals surface area (Å²) in [6.07, 6.45) is 0. The van der Waals surface area contributed by atoms with Crippen molar-refractivity contribution in [2.45, 2.75) is 6.92 Å². The SMILES string of the molecule is CC(=O)O.P.c1ccc([PH](c2ccccc2)(c2ccccc2)c2ccccc2)cc1. The van der Waals surface area contributed by atoms with Crippen molar-refractivity contribution >= 4 is 44.3 Å². The van der Waals surface area contributed by atoms with Crippen LogP contribution in [0.2, 0.25) is 0 Å². The van der Waals surface area contributed by atoms with Gasteiger partial charge in [0.2, 0.25) is 0 Å². The van der Waals surface area contributed by atoms with E-state index in [1.165, 1.54) is 21.2 Å². The van der Waals surface area contributed by atoms with Crippen molar-refractivity contribution in [3.8, 4) is 0 Å². The van der Waals surface area contributed by atoms with Crippen molar-refractivity contribution in [3.05, 3.63) is 121 Å². The first-order chi connectivity index (χ1) is 14.2. The first-order valence-corrected chi connectivity index (χ1v) is 11.6. The number of carbonyl (C=O) groups is 1. The summed E-state index contributed by atoms with van der Waals surface area (Å²) in [6, 6.07) is 44.0. The fourth-order valence-corrected chi connectivity index (χ4v) is 8.52. The third-order valence-electron chi connectivity index (χ3n) is 4.83. The molecule has 1 N–H and O–H groups in total. The number of carboxylic acids is 1. The summed E-state index contributed by atoms with van der Waals surface area (Å²) < 4.78 is 0. The fourth-order valence-electron chi connectivity index (χ4n) is 3.75. The van der Waals surface area contributed by atoms with E-state index in [9.17, 15) is 0 Å². The second kappa shape index (κ2) is 11.4. The van der Waals surface area contributed by atoms with Gasteiger partial charge in [-0.2, -0.15) is 9.90 Å². The molecule has 0 aliphatic heterocycles. The van der Waals surface area contributed by atoms with E-state index in [-0.39, 0.29) is 9.90 Å². The second-order valence-electron chi connectivity index (χ2n) is 6.73. The van der Waals surface area contributed by atoms with E-state index in [1.54, 1.807) is 0 Å². The average Bonchev–Trinajstić information content (AvgIpc) is 2.77. The molecule has 0 fully saturated rings. The van der Waals surface area contributed by atoms with Gasteiger partial charge in [-0.25, -0.2) is 0 Å². The van der Waals surface area contributed by atoms with Crippen LogP contribution in [0.1, 0.15) is 6.92 Å². The molecular weight excluding hydrogens is 406 g/mol. The molecule has 0 aliphatic carbocycles. The van der Waals surface area contributed by atoms with E-state index in [2.05, 4.69) is 121 Å². The Balaban J connectivity index is 0.000000591. The molecule has 4 aromatic rings.